The molecule has 0 aromatic heterocycles. The molecule has 0 saturated heterocycles. The van der Waals surface area contributed by atoms with E-state index in [1.807, 2.05) is 0 Å². The number of nitrogens with zero attached hydrogens (tertiary/aromatic N) is 1. The van der Waals surface area contributed by atoms with Gasteiger partial charge in [0.05, 0.1) is 10.6 Å². The zero-order chi connectivity index (χ0) is 20.1. The molecular weight excluding hydrogens is 386 g/mol. The fourth-order valence-corrected chi connectivity index (χ4v) is 4.00. The van der Waals surface area contributed by atoms with Crippen LogP contribution in [-0.2, 0) is 14.8 Å². The van der Waals surface area contributed by atoms with Gasteiger partial charge < -0.3 is 5.32 Å². The van der Waals surface area contributed by atoms with Gasteiger partial charge in [-0.15, -0.1) is 0 Å². The Balaban J connectivity index is 1.94. The minimum absolute atomic E-state index is 0.00162. The smallest absolute Gasteiger partial charge is 0.264 e. The molecule has 0 unspecified atom stereocenters. The number of rotatable bonds is 6. The van der Waals surface area contributed by atoms with E-state index in [9.17, 15) is 22.0 Å². The van der Waals surface area contributed by atoms with Crippen LogP contribution in [0.4, 0.5) is 20.2 Å². The summed E-state index contributed by atoms with van der Waals surface area (Å²) in [5.41, 5.74) is 0.180. The summed E-state index contributed by atoms with van der Waals surface area (Å²) < 4.78 is 53.9. The van der Waals surface area contributed by atoms with E-state index in [0.29, 0.717) is 0 Å². The zero-order valence-corrected chi connectivity index (χ0v) is 15.4. The van der Waals surface area contributed by atoms with E-state index in [1.54, 1.807) is 18.2 Å². The molecule has 0 saturated carbocycles. The number of carbonyl (C=O) groups is 1. The molecule has 0 radical (unpaired) electrons. The second kappa shape index (κ2) is 8.18. The lowest BCUT2D eigenvalue weighted by atomic mass is 10.3. The Morgan fingerprint density at radius 2 is 1.50 bits per heavy atom. The van der Waals surface area contributed by atoms with Gasteiger partial charge in [0.25, 0.3) is 10.0 Å². The number of nitrogens with one attached hydrogen (secondary N) is 1. The van der Waals surface area contributed by atoms with Crippen LogP contribution in [0.3, 0.4) is 0 Å². The third kappa shape index (κ3) is 4.52. The average molecular weight is 402 g/mol. The summed E-state index contributed by atoms with van der Waals surface area (Å²) in [4.78, 5) is 12.4. The van der Waals surface area contributed by atoms with Crippen molar-refractivity contribution in [3.8, 4) is 0 Å². The van der Waals surface area contributed by atoms with Gasteiger partial charge in [0, 0.05) is 5.69 Å². The largest absolute Gasteiger partial charge is 0.324 e. The second-order valence-electron chi connectivity index (χ2n) is 5.86. The minimum atomic E-state index is -4.13. The van der Waals surface area contributed by atoms with Gasteiger partial charge in [-0.2, -0.15) is 0 Å². The van der Waals surface area contributed by atoms with E-state index in [-0.39, 0.29) is 16.3 Å². The summed E-state index contributed by atoms with van der Waals surface area (Å²) in [6.07, 6.45) is 0. The normalized spacial score (nSPS) is 11.1. The molecule has 8 heteroatoms. The van der Waals surface area contributed by atoms with Gasteiger partial charge in [-0.05, 0) is 48.5 Å². The first kappa shape index (κ1) is 19.5. The van der Waals surface area contributed by atoms with E-state index < -0.39 is 34.1 Å². The molecule has 3 aromatic carbocycles. The minimum Gasteiger partial charge on any atom is -0.324 e. The van der Waals surface area contributed by atoms with Gasteiger partial charge >= 0.3 is 0 Å². The predicted octanol–water partition coefficient (Wildman–Crippen LogP) is 3.80. The van der Waals surface area contributed by atoms with Gasteiger partial charge in [0.15, 0.2) is 0 Å². The van der Waals surface area contributed by atoms with Crippen molar-refractivity contribution in [3.05, 3.63) is 90.5 Å². The van der Waals surface area contributed by atoms with Gasteiger partial charge in [-0.3, -0.25) is 9.10 Å². The van der Waals surface area contributed by atoms with Crippen molar-refractivity contribution >= 4 is 27.3 Å². The number of anilines is 2. The first-order valence-electron chi connectivity index (χ1n) is 8.25. The summed E-state index contributed by atoms with van der Waals surface area (Å²) in [7, 11) is -4.13. The number of halogens is 2. The van der Waals surface area contributed by atoms with Crippen LogP contribution in [0.25, 0.3) is 0 Å². The highest BCUT2D eigenvalue weighted by atomic mass is 32.2. The van der Waals surface area contributed by atoms with Gasteiger partial charge in [0.1, 0.15) is 18.2 Å². The molecule has 144 valence electrons. The van der Waals surface area contributed by atoms with Crippen molar-refractivity contribution in [2.24, 2.45) is 0 Å². The lowest BCUT2D eigenvalue weighted by Crippen LogP contribution is -2.38. The maximum atomic E-state index is 13.7. The van der Waals surface area contributed by atoms with Crippen LogP contribution in [0.1, 0.15) is 0 Å². The standard InChI is InChI=1S/C20H16F2N2O3S/c21-15-6-4-8-17(12-15)23-20(25)14-24(18-9-5-7-16(22)13-18)28(26,27)19-10-2-1-3-11-19/h1-13H,14H2,(H,23,25). The average Bonchev–Trinajstić information content (AvgIpc) is 2.67. The molecule has 3 rings (SSSR count). The Labute approximate surface area is 161 Å². The van der Waals surface area contributed by atoms with Crippen LogP contribution >= 0.6 is 0 Å². The molecule has 0 aliphatic rings. The second-order valence-corrected chi connectivity index (χ2v) is 7.73. The molecule has 5 nitrogen and oxygen atoms in total. The third-order valence-corrected chi connectivity index (χ3v) is 5.61. The van der Waals surface area contributed by atoms with E-state index >= 15 is 0 Å². The number of hydrogen-bond acceptors (Lipinski definition) is 3. The topological polar surface area (TPSA) is 66.5 Å². The highest BCUT2D eigenvalue weighted by Gasteiger charge is 2.27. The molecular formula is C20H16F2N2O3S. The first-order valence-corrected chi connectivity index (χ1v) is 9.69. The van der Waals surface area contributed by atoms with Crippen LogP contribution in [0.15, 0.2) is 83.8 Å². The fraction of sp³-hybridized carbons (Fsp3) is 0.0500. The van der Waals surface area contributed by atoms with Crippen molar-refractivity contribution in [3.63, 3.8) is 0 Å². The maximum Gasteiger partial charge on any atom is 0.264 e. The first-order chi connectivity index (χ1) is 13.4. The Hall–Kier alpha value is -3.26. The molecule has 0 bridgehead atoms. The molecule has 0 heterocycles. The number of amides is 1. The molecule has 28 heavy (non-hydrogen) atoms. The Morgan fingerprint density at radius 3 is 2.14 bits per heavy atom. The van der Waals surface area contributed by atoms with E-state index in [4.69, 9.17) is 0 Å². The fourth-order valence-electron chi connectivity index (χ4n) is 2.56. The SMILES string of the molecule is O=C(CN(c1cccc(F)c1)S(=O)(=O)c1ccccc1)Nc1cccc(F)c1. The highest BCUT2D eigenvalue weighted by molar-refractivity contribution is 7.92. The molecule has 0 aliphatic carbocycles. The number of sulfonamides is 1. The Bertz CT molecular complexity index is 1090. The summed E-state index contributed by atoms with van der Waals surface area (Å²) in [5, 5.41) is 2.44. The van der Waals surface area contributed by atoms with Crippen molar-refractivity contribution in [2.45, 2.75) is 4.90 Å². The number of benzene rings is 3. The molecule has 0 atom stereocenters. The predicted molar refractivity (Wildman–Crippen MR) is 102 cm³/mol. The van der Waals surface area contributed by atoms with Crippen molar-refractivity contribution < 1.29 is 22.0 Å². The monoisotopic (exact) mass is 402 g/mol. The molecule has 3 aromatic rings. The lowest BCUT2D eigenvalue weighted by molar-refractivity contribution is -0.114. The van der Waals surface area contributed by atoms with E-state index in [1.165, 1.54) is 48.5 Å². The molecule has 0 fully saturated rings. The van der Waals surface area contributed by atoms with Crippen LogP contribution in [0, 0.1) is 11.6 Å². The summed E-state index contributed by atoms with van der Waals surface area (Å²) in [5.74, 6) is -1.89. The number of hydrogen-bond donors (Lipinski definition) is 1. The van der Waals surface area contributed by atoms with Crippen molar-refractivity contribution in [1.29, 1.82) is 0 Å². The summed E-state index contributed by atoms with van der Waals surface area (Å²) >= 11 is 0. The molecule has 1 N–H and O–H groups in total. The third-order valence-electron chi connectivity index (χ3n) is 3.82. The van der Waals surface area contributed by atoms with E-state index in [0.717, 1.165) is 16.4 Å². The van der Waals surface area contributed by atoms with Crippen LogP contribution in [-0.4, -0.2) is 20.9 Å². The van der Waals surface area contributed by atoms with Gasteiger partial charge in [-0.1, -0.05) is 30.3 Å². The summed E-state index contributed by atoms with van der Waals surface area (Å²) in [6.45, 7) is -0.614. The summed E-state index contributed by atoms with van der Waals surface area (Å²) in [6, 6.07) is 17.6. The van der Waals surface area contributed by atoms with Crippen molar-refractivity contribution in [2.75, 3.05) is 16.2 Å². The Kier molecular flexibility index (Phi) is 5.70. The molecule has 1 amide bonds. The number of carbonyl (C=O) groups excluding carboxylic acids is 1. The van der Waals surface area contributed by atoms with Crippen LogP contribution in [0.5, 0.6) is 0 Å². The highest BCUT2D eigenvalue weighted by Crippen LogP contribution is 2.24. The maximum absolute atomic E-state index is 13.7. The van der Waals surface area contributed by atoms with Crippen LogP contribution < -0.4 is 9.62 Å². The lowest BCUT2D eigenvalue weighted by Gasteiger charge is -2.24. The van der Waals surface area contributed by atoms with Gasteiger partial charge in [0.2, 0.25) is 5.91 Å². The van der Waals surface area contributed by atoms with Crippen molar-refractivity contribution in [1.82, 2.24) is 0 Å². The van der Waals surface area contributed by atoms with Gasteiger partial charge in [-0.25, -0.2) is 17.2 Å². The Morgan fingerprint density at radius 1 is 0.857 bits per heavy atom. The van der Waals surface area contributed by atoms with Crippen LogP contribution in [0.2, 0.25) is 0 Å². The molecule has 0 spiro atoms. The quantitative estimate of drug-likeness (QED) is 0.682. The van der Waals surface area contributed by atoms with E-state index in [2.05, 4.69) is 5.32 Å². The molecule has 0 aliphatic heterocycles. The zero-order valence-electron chi connectivity index (χ0n) is 14.5.